The number of fused-ring (bicyclic) bond motifs is 4. The number of hydrogen-bond acceptors (Lipinski definition) is 2. The highest BCUT2D eigenvalue weighted by molar-refractivity contribution is 5.82. The van der Waals surface area contributed by atoms with Crippen LogP contribution >= 0.6 is 0 Å². The van der Waals surface area contributed by atoms with Gasteiger partial charge in [-0.25, -0.2) is 0 Å². The van der Waals surface area contributed by atoms with Gasteiger partial charge in [0.1, 0.15) is 18.7 Å². The van der Waals surface area contributed by atoms with Crippen LogP contribution in [-0.4, -0.2) is 33.7 Å². The molecule has 0 aliphatic carbocycles. The van der Waals surface area contributed by atoms with Crippen LogP contribution in [0.2, 0.25) is 0 Å². The fraction of sp³-hybridized carbons (Fsp3) is 0.346. The molecule has 4 heteroatoms. The molecule has 1 aromatic heterocycles. The molecule has 3 aromatic rings. The number of nitrogens with zero attached hydrogens (tertiary/aromatic N) is 2. The smallest absolute Gasteiger partial charge is 0.131 e. The van der Waals surface area contributed by atoms with Crippen LogP contribution in [-0.2, 0) is 6.54 Å². The van der Waals surface area contributed by atoms with Crippen molar-refractivity contribution in [3.05, 3.63) is 90.6 Å². The van der Waals surface area contributed by atoms with Crippen LogP contribution in [0, 0.1) is 11.8 Å². The van der Waals surface area contributed by atoms with Gasteiger partial charge < -0.3 is 22.0 Å². The first kappa shape index (κ1) is 21.0. The minimum atomic E-state index is -0.486. The highest BCUT2D eigenvalue weighted by Gasteiger charge is 2.53. The van der Waals surface area contributed by atoms with E-state index in [0.29, 0.717) is 11.8 Å². The number of aliphatic hydroxyl groups excluding tert-OH is 1. The molecule has 0 saturated carbocycles. The molecule has 5 atom stereocenters. The van der Waals surface area contributed by atoms with Crippen molar-refractivity contribution < 1.29 is 22.0 Å². The highest BCUT2D eigenvalue weighted by Crippen LogP contribution is 2.47. The summed E-state index contributed by atoms with van der Waals surface area (Å²) in [4.78, 5) is 4.50. The molecule has 0 amide bonds. The molecule has 3 aliphatic rings. The van der Waals surface area contributed by atoms with Crippen molar-refractivity contribution in [3.63, 3.8) is 0 Å². The fourth-order valence-corrected chi connectivity index (χ4v) is 5.91. The predicted molar refractivity (Wildman–Crippen MR) is 117 cm³/mol. The second-order valence-electron chi connectivity index (χ2n) is 8.88. The summed E-state index contributed by atoms with van der Waals surface area (Å²) in [7, 11) is 0. The molecule has 0 spiro atoms. The highest BCUT2D eigenvalue weighted by atomic mass is 35.5. The molecule has 3 nitrogen and oxygen atoms in total. The van der Waals surface area contributed by atoms with Gasteiger partial charge in [-0.3, -0.25) is 4.98 Å². The number of piperidine rings is 3. The maximum atomic E-state index is 11.7. The molecule has 2 unspecified atom stereocenters. The number of aliphatic hydroxyl groups is 1. The molecule has 4 heterocycles. The van der Waals surface area contributed by atoms with Crippen molar-refractivity contribution in [2.45, 2.75) is 31.5 Å². The van der Waals surface area contributed by atoms with Crippen LogP contribution in [0.4, 0.5) is 0 Å². The quantitative estimate of drug-likeness (QED) is 0.505. The van der Waals surface area contributed by atoms with Gasteiger partial charge in [-0.2, -0.15) is 0 Å². The van der Waals surface area contributed by atoms with Gasteiger partial charge in [0, 0.05) is 35.9 Å². The van der Waals surface area contributed by atoms with Crippen molar-refractivity contribution in [3.8, 4) is 0 Å². The first-order valence-corrected chi connectivity index (χ1v) is 10.7. The van der Waals surface area contributed by atoms with Crippen LogP contribution in [0.3, 0.4) is 0 Å². The molecular weight excluding hydrogens is 392 g/mol. The number of para-hydroxylation sites is 1. The molecule has 2 aromatic carbocycles. The molecule has 1 N–H and O–H groups in total. The summed E-state index contributed by atoms with van der Waals surface area (Å²) in [6, 6.07) is 21.2. The lowest BCUT2D eigenvalue weighted by molar-refractivity contribution is -0.984. The fourth-order valence-electron chi connectivity index (χ4n) is 5.91. The summed E-state index contributed by atoms with van der Waals surface area (Å²) in [5.41, 5.74) is 3.33. The van der Waals surface area contributed by atoms with Gasteiger partial charge in [0.05, 0.1) is 18.6 Å². The zero-order chi connectivity index (χ0) is 19.8. The summed E-state index contributed by atoms with van der Waals surface area (Å²) in [5.74, 6) is 1.18. The van der Waals surface area contributed by atoms with E-state index in [9.17, 15) is 5.11 Å². The summed E-state index contributed by atoms with van der Waals surface area (Å²) in [5, 5.41) is 12.8. The number of benzene rings is 2. The van der Waals surface area contributed by atoms with Gasteiger partial charge in [0.15, 0.2) is 0 Å². The number of pyridine rings is 1. The van der Waals surface area contributed by atoms with Crippen molar-refractivity contribution in [2.24, 2.45) is 11.8 Å². The average Bonchev–Trinajstić information content (AvgIpc) is 2.78. The van der Waals surface area contributed by atoms with Crippen molar-refractivity contribution in [1.29, 1.82) is 0 Å². The maximum absolute atomic E-state index is 11.7. The zero-order valence-electron chi connectivity index (χ0n) is 17.2. The second-order valence-corrected chi connectivity index (χ2v) is 8.88. The van der Waals surface area contributed by atoms with E-state index in [1.165, 1.54) is 12.0 Å². The molecule has 6 rings (SSSR count). The molecule has 3 fully saturated rings. The van der Waals surface area contributed by atoms with Crippen molar-refractivity contribution in [2.75, 3.05) is 13.1 Å². The summed E-state index contributed by atoms with van der Waals surface area (Å²) in [6.07, 6.45) is 5.79. The SMILES string of the molecule is C=C[C@@H]1C[N+]2(Cc3ccccc3)CC[C@@H]1CC2[C@H](O)c1ccnc2ccccc12.[Cl-]. The Balaban J connectivity index is 0.00000218. The van der Waals surface area contributed by atoms with Crippen molar-refractivity contribution in [1.82, 2.24) is 4.98 Å². The Bertz CT molecular complexity index is 1020. The van der Waals surface area contributed by atoms with Crippen LogP contribution in [0.5, 0.6) is 0 Å². The van der Waals surface area contributed by atoms with Crippen LogP contribution < -0.4 is 12.4 Å². The number of hydrogen-bond donors (Lipinski definition) is 1. The van der Waals surface area contributed by atoms with Gasteiger partial charge in [-0.15, -0.1) is 6.58 Å². The molecule has 156 valence electrons. The molecule has 2 bridgehead atoms. The van der Waals surface area contributed by atoms with Gasteiger partial charge in [0.2, 0.25) is 0 Å². The Labute approximate surface area is 185 Å². The van der Waals surface area contributed by atoms with Crippen molar-refractivity contribution >= 4 is 10.9 Å². The van der Waals surface area contributed by atoms with Gasteiger partial charge in [0.25, 0.3) is 0 Å². The normalized spacial score (nSPS) is 28.6. The Morgan fingerprint density at radius 2 is 1.87 bits per heavy atom. The standard InChI is InChI=1S/C26H29N2O.ClH/c1-2-20-18-28(17-19-8-4-3-5-9-19)15-13-21(20)16-25(28)26(29)23-12-14-27-24-11-7-6-10-22(23)24;/h2-12,14,20-21,25-26,29H,1,13,15-18H2;1H/q+1;/p-1/t20-,21-,25?,26-,28?;/m1./s1. The monoisotopic (exact) mass is 420 g/mol. The molecule has 3 saturated heterocycles. The van der Waals surface area contributed by atoms with E-state index in [1.54, 1.807) is 0 Å². The minimum absolute atomic E-state index is 0. The van der Waals surface area contributed by atoms with E-state index in [-0.39, 0.29) is 18.4 Å². The number of rotatable bonds is 5. The molecular formula is C26H29ClN2O. The molecule has 30 heavy (non-hydrogen) atoms. The minimum Gasteiger partial charge on any atom is -1.00 e. The largest absolute Gasteiger partial charge is 1.00 e. The summed E-state index contributed by atoms with van der Waals surface area (Å²) in [6.45, 7) is 7.32. The van der Waals surface area contributed by atoms with E-state index in [4.69, 9.17) is 0 Å². The second kappa shape index (κ2) is 8.50. The number of quaternary nitrogens is 1. The van der Waals surface area contributed by atoms with Gasteiger partial charge >= 0.3 is 0 Å². The third-order valence-electron chi connectivity index (χ3n) is 7.38. The summed E-state index contributed by atoms with van der Waals surface area (Å²) >= 11 is 0. The Kier molecular flexibility index (Phi) is 5.97. The van der Waals surface area contributed by atoms with Gasteiger partial charge in [-0.05, 0) is 23.6 Å². The zero-order valence-corrected chi connectivity index (χ0v) is 18.0. The Morgan fingerprint density at radius 3 is 2.67 bits per heavy atom. The van der Waals surface area contributed by atoms with E-state index in [2.05, 4.69) is 54.0 Å². The van der Waals surface area contributed by atoms with Crippen LogP contribution in [0.25, 0.3) is 10.9 Å². The summed E-state index contributed by atoms with van der Waals surface area (Å²) < 4.78 is 0.953. The third-order valence-corrected chi connectivity index (χ3v) is 7.38. The van der Waals surface area contributed by atoms with E-state index in [0.717, 1.165) is 47.0 Å². The topological polar surface area (TPSA) is 33.1 Å². The first-order valence-electron chi connectivity index (χ1n) is 10.7. The first-order chi connectivity index (χ1) is 14.2. The van der Waals surface area contributed by atoms with Crippen LogP contribution in [0.15, 0.2) is 79.5 Å². The van der Waals surface area contributed by atoms with E-state index >= 15 is 0 Å². The lowest BCUT2D eigenvalue weighted by Gasteiger charge is -2.58. The molecule has 3 aliphatic heterocycles. The number of aromatic nitrogens is 1. The average molecular weight is 421 g/mol. The Morgan fingerprint density at radius 1 is 1.10 bits per heavy atom. The van der Waals surface area contributed by atoms with Crippen LogP contribution in [0.1, 0.15) is 30.1 Å². The molecule has 0 radical (unpaired) electrons. The van der Waals surface area contributed by atoms with E-state index < -0.39 is 6.10 Å². The van der Waals surface area contributed by atoms with Gasteiger partial charge in [-0.1, -0.05) is 54.6 Å². The third kappa shape index (κ3) is 3.56. The predicted octanol–water partition coefficient (Wildman–Crippen LogP) is 1.88. The lowest BCUT2D eigenvalue weighted by Crippen LogP contribution is -3.00. The van der Waals surface area contributed by atoms with E-state index in [1.807, 2.05) is 30.5 Å². The maximum Gasteiger partial charge on any atom is 0.131 e. The Hall–Kier alpha value is -2.20. The number of halogens is 1. The lowest BCUT2D eigenvalue weighted by atomic mass is 9.71.